The summed E-state index contributed by atoms with van der Waals surface area (Å²) in [7, 11) is 1.59. The van der Waals surface area contributed by atoms with E-state index in [1.807, 2.05) is 6.92 Å². The first-order valence-electron chi connectivity index (χ1n) is 7.10. The van der Waals surface area contributed by atoms with Gasteiger partial charge in [0.1, 0.15) is 11.5 Å². The molecule has 2 aromatic rings. The second-order valence-electron chi connectivity index (χ2n) is 4.80. The number of benzene rings is 2. The van der Waals surface area contributed by atoms with Crippen molar-refractivity contribution in [2.45, 2.75) is 19.4 Å². The van der Waals surface area contributed by atoms with E-state index in [-0.39, 0.29) is 5.91 Å². The number of nitrogens with one attached hydrogen (secondary N) is 1. The summed E-state index contributed by atoms with van der Waals surface area (Å²) in [5.74, 6) is 1.05. The molecule has 2 rings (SSSR count). The minimum Gasteiger partial charge on any atom is -0.497 e. The Morgan fingerprint density at radius 3 is 2.35 bits per heavy atom. The molecule has 0 aliphatic rings. The van der Waals surface area contributed by atoms with Crippen molar-refractivity contribution in [3.8, 4) is 11.5 Å². The van der Waals surface area contributed by atoms with E-state index in [2.05, 4.69) is 5.32 Å². The van der Waals surface area contributed by atoms with Crippen molar-refractivity contribution < 1.29 is 14.3 Å². The number of rotatable bonds is 6. The Kier molecular flexibility index (Phi) is 6.13. The molecule has 0 fully saturated rings. The normalized spacial score (nSPS) is 11.7. The zero-order valence-electron chi connectivity index (χ0n) is 12.8. The van der Waals surface area contributed by atoms with Gasteiger partial charge in [0.2, 0.25) is 0 Å². The summed E-state index contributed by atoms with van der Waals surface area (Å²) in [6, 6.07) is 11.9. The summed E-state index contributed by atoms with van der Waals surface area (Å²) < 4.78 is 10.8. The maximum atomic E-state index is 12.4. The Bertz CT molecular complexity index is 674. The minimum absolute atomic E-state index is 0.271. The Balaban J connectivity index is 2.05. The Hall–Kier alpha value is -1.91. The molecule has 0 spiro atoms. The Morgan fingerprint density at radius 2 is 1.78 bits per heavy atom. The highest BCUT2D eigenvalue weighted by atomic mass is 35.5. The van der Waals surface area contributed by atoms with E-state index < -0.39 is 6.10 Å². The second-order valence-corrected chi connectivity index (χ2v) is 5.65. The van der Waals surface area contributed by atoms with Gasteiger partial charge in [0, 0.05) is 5.02 Å². The maximum Gasteiger partial charge on any atom is 0.265 e. The lowest BCUT2D eigenvalue weighted by Crippen LogP contribution is -2.32. The summed E-state index contributed by atoms with van der Waals surface area (Å²) in [5.41, 5.74) is 0.498. The Labute approximate surface area is 145 Å². The molecule has 6 heteroatoms. The quantitative estimate of drug-likeness (QED) is 0.811. The maximum absolute atomic E-state index is 12.4. The van der Waals surface area contributed by atoms with Gasteiger partial charge in [-0.3, -0.25) is 4.79 Å². The van der Waals surface area contributed by atoms with E-state index in [9.17, 15) is 4.79 Å². The molecule has 0 aromatic heterocycles. The van der Waals surface area contributed by atoms with Crippen molar-refractivity contribution in [3.05, 3.63) is 52.5 Å². The summed E-state index contributed by atoms with van der Waals surface area (Å²) in [4.78, 5) is 12.4. The molecule has 4 nitrogen and oxygen atoms in total. The highest BCUT2D eigenvalue weighted by Crippen LogP contribution is 2.26. The Morgan fingerprint density at radius 1 is 1.13 bits per heavy atom. The van der Waals surface area contributed by atoms with Crippen molar-refractivity contribution in [2.75, 3.05) is 12.4 Å². The van der Waals surface area contributed by atoms with Crippen LogP contribution in [-0.4, -0.2) is 19.1 Å². The van der Waals surface area contributed by atoms with Crippen LogP contribution in [0.1, 0.15) is 13.3 Å². The number of hydrogen-bond donors (Lipinski definition) is 1. The molecule has 1 unspecified atom stereocenters. The lowest BCUT2D eigenvalue weighted by atomic mass is 10.2. The van der Waals surface area contributed by atoms with Crippen molar-refractivity contribution in [2.24, 2.45) is 0 Å². The summed E-state index contributed by atoms with van der Waals surface area (Å²) in [6.45, 7) is 1.87. The van der Waals surface area contributed by atoms with Crippen LogP contribution in [-0.2, 0) is 4.79 Å². The fourth-order valence-electron chi connectivity index (χ4n) is 1.94. The molecular weight excluding hydrogens is 337 g/mol. The fraction of sp³-hybridized carbons (Fsp3) is 0.235. The molecule has 0 heterocycles. The summed E-state index contributed by atoms with van der Waals surface area (Å²) in [6.07, 6.45) is -0.113. The molecule has 2 aromatic carbocycles. The molecule has 0 bridgehead atoms. The van der Waals surface area contributed by atoms with Gasteiger partial charge in [-0.2, -0.15) is 0 Å². The van der Waals surface area contributed by atoms with Crippen LogP contribution in [0.5, 0.6) is 11.5 Å². The van der Waals surface area contributed by atoms with E-state index in [0.29, 0.717) is 27.9 Å². The van der Waals surface area contributed by atoms with Gasteiger partial charge in [-0.15, -0.1) is 0 Å². The molecule has 0 saturated heterocycles. The third-order valence-electron chi connectivity index (χ3n) is 3.19. The first-order chi connectivity index (χ1) is 11.0. The van der Waals surface area contributed by atoms with Crippen LogP contribution in [0.2, 0.25) is 10.0 Å². The van der Waals surface area contributed by atoms with Gasteiger partial charge in [0.25, 0.3) is 5.91 Å². The van der Waals surface area contributed by atoms with Crippen molar-refractivity contribution in [1.82, 2.24) is 0 Å². The third-order valence-corrected chi connectivity index (χ3v) is 3.74. The highest BCUT2D eigenvalue weighted by Gasteiger charge is 2.19. The van der Waals surface area contributed by atoms with E-state index in [0.717, 1.165) is 5.75 Å². The predicted octanol–water partition coefficient (Wildman–Crippen LogP) is 4.80. The molecule has 0 aliphatic carbocycles. The second kappa shape index (κ2) is 8.09. The van der Waals surface area contributed by atoms with Crippen molar-refractivity contribution in [1.29, 1.82) is 0 Å². The molecule has 23 heavy (non-hydrogen) atoms. The average Bonchev–Trinajstić information content (AvgIpc) is 2.55. The number of methoxy groups -OCH3 is 1. The molecule has 0 saturated carbocycles. The van der Waals surface area contributed by atoms with Crippen LogP contribution in [0.4, 0.5) is 5.69 Å². The van der Waals surface area contributed by atoms with Crippen LogP contribution >= 0.6 is 23.2 Å². The number of carbonyl (C=O) groups excluding carboxylic acids is 1. The fourth-order valence-corrected chi connectivity index (χ4v) is 2.40. The first-order valence-corrected chi connectivity index (χ1v) is 7.85. The number of carbonyl (C=O) groups is 1. The van der Waals surface area contributed by atoms with Gasteiger partial charge in [-0.1, -0.05) is 30.1 Å². The van der Waals surface area contributed by atoms with Gasteiger partial charge in [-0.25, -0.2) is 0 Å². The van der Waals surface area contributed by atoms with Gasteiger partial charge in [0.15, 0.2) is 6.10 Å². The zero-order chi connectivity index (χ0) is 16.8. The lowest BCUT2D eigenvalue weighted by molar-refractivity contribution is -0.122. The van der Waals surface area contributed by atoms with E-state index >= 15 is 0 Å². The number of halogens is 2. The number of hydrogen-bond acceptors (Lipinski definition) is 3. The standard InChI is InChI=1S/C17H17Cl2NO3/c1-3-16(23-13-7-5-12(22-2)6-8-13)17(21)20-15-9-4-11(18)10-14(15)19/h4-10,16H,3H2,1-2H3,(H,20,21). The molecule has 122 valence electrons. The van der Waals surface area contributed by atoms with Crippen LogP contribution in [0.15, 0.2) is 42.5 Å². The first kappa shape index (κ1) is 17.4. The van der Waals surface area contributed by atoms with E-state index in [1.54, 1.807) is 49.6 Å². The number of anilines is 1. The molecule has 1 N–H and O–H groups in total. The number of ether oxygens (including phenoxy) is 2. The lowest BCUT2D eigenvalue weighted by Gasteiger charge is -2.18. The van der Waals surface area contributed by atoms with Crippen molar-refractivity contribution >= 4 is 34.8 Å². The van der Waals surface area contributed by atoms with Gasteiger partial charge >= 0.3 is 0 Å². The molecule has 1 atom stereocenters. The highest BCUT2D eigenvalue weighted by molar-refractivity contribution is 6.36. The zero-order valence-corrected chi connectivity index (χ0v) is 14.3. The molecular formula is C17H17Cl2NO3. The summed E-state index contributed by atoms with van der Waals surface area (Å²) in [5, 5.41) is 3.64. The van der Waals surface area contributed by atoms with Crippen molar-refractivity contribution in [3.63, 3.8) is 0 Å². The smallest absolute Gasteiger partial charge is 0.265 e. The largest absolute Gasteiger partial charge is 0.497 e. The topological polar surface area (TPSA) is 47.6 Å². The van der Waals surface area contributed by atoms with E-state index in [4.69, 9.17) is 32.7 Å². The minimum atomic E-state index is -0.630. The molecule has 0 radical (unpaired) electrons. The predicted molar refractivity (Wildman–Crippen MR) is 92.8 cm³/mol. The SMILES string of the molecule is CCC(Oc1ccc(OC)cc1)C(=O)Nc1ccc(Cl)cc1Cl. The van der Waals surface area contributed by atoms with Gasteiger partial charge in [0.05, 0.1) is 17.8 Å². The molecule has 0 aliphatic heterocycles. The molecule has 1 amide bonds. The van der Waals surface area contributed by atoms with Crippen LogP contribution in [0.25, 0.3) is 0 Å². The van der Waals surface area contributed by atoms with Crippen LogP contribution in [0, 0.1) is 0 Å². The van der Waals surface area contributed by atoms with Gasteiger partial charge in [-0.05, 0) is 48.9 Å². The van der Waals surface area contributed by atoms with Gasteiger partial charge < -0.3 is 14.8 Å². The van der Waals surface area contributed by atoms with Crippen LogP contribution < -0.4 is 14.8 Å². The number of amides is 1. The average molecular weight is 354 g/mol. The monoisotopic (exact) mass is 353 g/mol. The summed E-state index contributed by atoms with van der Waals surface area (Å²) >= 11 is 11.9. The van der Waals surface area contributed by atoms with Crippen LogP contribution in [0.3, 0.4) is 0 Å². The third kappa shape index (κ3) is 4.78. The van der Waals surface area contributed by atoms with E-state index in [1.165, 1.54) is 0 Å².